The van der Waals surface area contributed by atoms with Crippen molar-refractivity contribution in [2.75, 3.05) is 34.5 Å². The standard InChI is InChI=1S/C31H35N5O6/c1-39-22-15-13-21(14-16-22)19-35(28(37)20-36-26-11-5-4-10-25(26)33-34-36)29(31(38)32-18-23-8-7-17-42-23)24-9-6-12-27(40-2)30(24)41-3/h4-6,9-16,23,29H,7-8,17-20H2,1-3H3,(H,32,38)/t23-,29+/m1/s1. The molecule has 2 heterocycles. The highest BCUT2D eigenvalue weighted by molar-refractivity contribution is 5.90. The maximum atomic E-state index is 14.3. The molecule has 11 nitrogen and oxygen atoms in total. The number of benzene rings is 3. The first-order valence-corrected chi connectivity index (χ1v) is 13.8. The highest BCUT2D eigenvalue weighted by Crippen LogP contribution is 2.38. The lowest BCUT2D eigenvalue weighted by Gasteiger charge is -2.33. The van der Waals surface area contributed by atoms with Crippen LogP contribution in [0.1, 0.15) is 30.0 Å². The van der Waals surface area contributed by atoms with Crippen LogP contribution < -0.4 is 19.5 Å². The monoisotopic (exact) mass is 573 g/mol. The summed E-state index contributed by atoms with van der Waals surface area (Å²) in [6, 6.07) is 19.0. The molecule has 1 fully saturated rings. The Morgan fingerprint density at radius 2 is 1.83 bits per heavy atom. The Balaban J connectivity index is 1.56. The Bertz CT molecular complexity index is 1520. The maximum Gasteiger partial charge on any atom is 0.247 e. The minimum absolute atomic E-state index is 0.0749. The molecule has 4 aromatic rings. The first kappa shape index (κ1) is 28.9. The predicted molar refractivity (Wildman–Crippen MR) is 155 cm³/mol. The molecular weight excluding hydrogens is 538 g/mol. The summed E-state index contributed by atoms with van der Waals surface area (Å²) < 4.78 is 23.9. The van der Waals surface area contributed by atoms with E-state index in [9.17, 15) is 9.59 Å². The number of hydrogen-bond acceptors (Lipinski definition) is 8. The van der Waals surface area contributed by atoms with Crippen molar-refractivity contribution in [3.63, 3.8) is 0 Å². The minimum atomic E-state index is -1.05. The van der Waals surface area contributed by atoms with Crippen LogP contribution in [0.3, 0.4) is 0 Å². The first-order chi connectivity index (χ1) is 20.5. The van der Waals surface area contributed by atoms with Gasteiger partial charge in [0.2, 0.25) is 11.8 Å². The Kier molecular flexibility index (Phi) is 9.18. The first-order valence-electron chi connectivity index (χ1n) is 13.8. The maximum absolute atomic E-state index is 14.3. The lowest BCUT2D eigenvalue weighted by atomic mass is 10.0. The number of ether oxygens (including phenoxy) is 4. The Morgan fingerprint density at radius 3 is 2.55 bits per heavy atom. The molecule has 2 amide bonds. The van der Waals surface area contributed by atoms with Gasteiger partial charge in [-0.2, -0.15) is 0 Å². The molecule has 1 aliphatic rings. The molecule has 0 radical (unpaired) electrons. The summed E-state index contributed by atoms with van der Waals surface area (Å²) in [7, 11) is 4.64. The van der Waals surface area contributed by atoms with E-state index in [-0.39, 0.29) is 31.0 Å². The summed E-state index contributed by atoms with van der Waals surface area (Å²) in [5.74, 6) is 0.819. The number of para-hydroxylation sites is 2. The highest BCUT2D eigenvalue weighted by Gasteiger charge is 2.35. The molecule has 0 saturated carbocycles. The van der Waals surface area contributed by atoms with Gasteiger partial charge in [-0.25, -0.2) is 4.68 Å². The largest absolute Gasteiger partial charge is 0.497 e. The molecule has 11 heteroatoms. The lowest BCUT2D eigenvalue weighted by Crippen LogP contribution is -2.46. The van der Waals surface area contributed by atoms with Crippen molar-refractivity contribution < 1.29 is 28.5 Å². The number of nitrogens with zero attached hydrogens (tertiary/aromatic N) is 4. The van der Waals surface area contributed by atoms with Crippen LogP contribution in [0.4, 0.5) is 0 Å². The fraction of sp³-hybridized carbons (Fsp3) is 0.355. The molecule has 0 spiro atoms. The fourth-order valence-electron chi connectivity index (χ4n) is 5.20. The average molecular weight is 574 g/mol. The lowest BCUT2D eigenvalue weighted by molar-refractivity contribution is -0.142. The smallest absolute Gasteiger partial charge is 0.247 e. The van der Waals surface area contributed by atoms with Crippen LogP contribution in [0.2, 0.25) is 0 Å². The van der Waals surface area contributed by atoms with Gasteiger partial charge in [0, 0.05) is 25.3 Å². The summed E-state index contributed by atoms with van der Waals surface area (Å²) in [6.45, 7) is 1.01. The normalized spacial score (nSPS) is 15.3. The van der Waals surface area contributed by atoms with Crippen LogP contribution in [-0.2, 0) is 27.4 Å². The van der Waals surface area contributed by atoms with E-state index in [2.05, 4.69) is 15.6 Å². The Hall–Kier alpha value is -4.64. The molecule has 1 saturated heterocycles. The van der Waals surface area contributed by atoms with Gasteiger partial charge in [0.1, 0.15) is 23.9 Å². The summed E-state index contributed by atoms with van der Waals surface area (Å²) in [4.78, 5) is 29.9. The van der Waals surface area contributed by atoms with E-state index in [1.807, 2.05) is 48.5 Å². The van der Waals surface area contributed by atoms with E-state index in [0.29, 0.717) is 47.0 Å². The van der Waals surface area contributed by atoms with Crippen molar-refractivity contribution in [1.82, 2.24) is 25.2 Å². The molecule has 2 atom stereocenters. The van der Waals surface area contributed by atoms with Crippen LogP contribution in [-0.4, -0.2) is 72.3 Å². The summed E-state index contributed by atoms with van der Waals surface area (Å²) in [6.07, 6.45) is 1.73. The van der Waals surface area contributed by atoms with Gasteiger partial charge in [-0.05, 0) is 48.7 Å². The molecule has 0 aliphatic carbocycles. The third-order valence-corrected chi connectivity index (χ3v) is 7.35. The number of rotatable bonds is 12. The van der Waals surface area contributed by atoms with Gasteiger partial charge < -0.3 is 29.2 Å². The third kappa shape index (κ3) is 6.31. The summed E-state index contributed by atoms with van der Waals surface area (Å²) in [5.41, 5.74) is 2.69. The molecule has 1 N–H and O–H groups in total. The molecule has 220 valence electrons. The number of nitrogens with one attached hydrogen (secondary N) is 1. The van der Waals surface area contributed by atoms with Gasteiger partial charge in [0.15, 0.2) is 11.5 Å². The van der Waals surface area contributed by atoms with Crippen LogP contribution in [0.15, 0.2) is 66.7 Å². The number of aromatic nitrogens is 3. The molecule has 1 aliphatic heterocycles. The molecule has 3 aromatic carbocycles. The molecule has 0 bridgehead atoms. The number of fused-ring (bicyclic) bond motifs is 1. The van der Waals surface area contributed by atoms with Gasteiger partial charge >= 0.3 is 0 Å². The molecule has 5 rings (SSSR count). The van der Waals surface area contributed by atoms with Gasteiger partial charge in [0.25, 0.3) is 0 Å². The van der Waals surface area contributed by atoms with E-state index in [4.69, 9.17) is 18.9 Å². The molecule has 1 aromatic heterocycles. The second-order valence-electron chi connectivity index (χ2n) is 9.97. The average Bonchev–Trinajstić information content (AvgIpc) is 3.70. The van der Waals surface area contributed by atoms with Crippen LogP contribution in [0, 0.1) is 0 Å². The predicted octanol–water partition coefficient (Wildman–Crippen LogP) is 3.52. The van der Waals surface area contributed by atoms with Crippen molar-refractivity contribution in [3.8, 4) is 17.2 Å². The van der Waals surface area contributed by atoms with E-state index in [1.54, 1.807) is 34.9 Å². The second kappa shape index (κ2) is 13.3. The summed E-state index contributed by atoms with van der Waals surface area (Å²) in [5, 5.41) is 11.4. The molecule has 42 heavy (non-hydrogen) atoms. The zero-order valence-electron chi connectivity index (χ0n) is 24.0. The van der Waals surface area contributed by atoms with Crippen LogP contribution in [0.25, 0.3) is 11.0 Å². The van der Waals surface area contributed by atoms with E-state index < -0.39 is 6.04 Å². The van der Waals surface area contributed by atoms with Crippen molar-refractivity contribution in [1.29, 1.82) is 0 Å². The number of amides is 2. The van der Waals surface area contributed by atoms with Gasteiger partial charge in [-0.15, -0.1) is 5.10 Å². The van der Waals surface area contributed by atoms with Crippen LogP contribution >= 0.6 is 0 Å². The zero-order valence-corrected chi connectivity index (χ0v) is 24.0. The SMILES string of the molecule is COc1ccc(CN(C(=O)Cn2nnc3ccccc32)[C@H](C(=O)NC[C@H]2CCCO2)c2cccc(OC)c2OC)cc1. The fourth-order valence-corrected chi connectivity index (χ4v) is 5.20. The number of hydrogen-bond donors (Lipinski definition) is 1. The number of methoxy groups -OCH3 is 3. The Labute approximate surface area is 244 Å². The second-order valence-corrected chi connectivity index (χ2v) is 9.97. The third-order valence-electron chi connectivity index (χ3n) is 7.35. The van der Waals surface area contributed by atoms with Gasteiger partial charge in [0.05, 0.1) is 33.0 Å². The van der Waals surface area contributed by atoms with Crippen molar-refractivity contribution in [3.05, 3.63) is 77.9 Å². The molecule has 0 unspecified atom stereocenters. The highest BCUT2D eigenvalue weighted by atomic mass is 16.5. The van der Waals surface area contributed by atoms with Gasteiger partial charge in [-0.3, -0.25) is 9.59 Å². The number of carbonyl (C=O) groups is 2. The minimum Gasteiger partial charge on any atom is -0.497 e. The van der Waals surface area contributed by atoms with Gasteiger partial charge in [-0.1, -0.05) is 41.6 Å². The quantitative estimate of drug-likeness (QED) is 0.274. The van der Waals surface area contributed by atoms with E-state index in [0.717, 1.165) is 18.4 Å². The summed E-state index contributed by atoms with van der Waals surface area (Å²) >= 11 is 0. The van der Waals surface area contributed by atoms with E-state index in [1.165, 1.54) is 14.2 Å². The zero-order chi connectivity index (χ0) is 29.5. The number of carbonyl (C=O) groups excluding carboxylic acids is 2. The molecular formula is C31H35N5O6. The Morgan fingerprint density at radius 1 is 1.02 bits per heavy atom. The van der Waals surface area contributed by atoms with Crippen molar-refractivity contribution in [2.24, 2.45) is 0 Å². The van der Waals surface area contributed by atoms with Crippen molar-refractivity contribution in [2.45, 2.75) is 38.1 Å². The topological polar surface area (TPSA) is 117 Å². The van der Waals surface area contributed by atoms with Crippen molar-refractivity contribution >= 4 is 22.8 Å². The van der Waals surface area contributed by atoms with E-state index >= 15 is 0 Å². The van der Waals surface area contributed by atoms with Crippen LogP contribution in [0.5, 0.6) is 17.2 Å².